The largest absolute Gasteiger partial charge is 0.494 e. The molecular formula is C17H17ClN2O. The number of aryl methyl sites for hydroxylation is 2. The number of halogens is 1. The zero-order chi connectivity index (χ0) is 15.0. The van der Waals surface area contributed by atoms with Crippen LogP contribution in [0.4, 0.5) is 0 Å². The lowest BCUT2D eigenvalue weighted by Crippen LogP contribution is -1.96. The number of rotatable bonds is 3. The van der Waals surface area contributed by atoms with Gasteiger partial charge in [-0.3, -0.25) is 4.57 Å². The van der Waals surface area contributed by atoms with Crippen molar-refractivity contribution in [3.05, 3.63) is 52.8 Å². The molecule has 2 aromatic carbocycles. The van der Waals surface area contributed by atoms with Crippen LogP contribution in [-0.4, -0.2) is 16.2 Å². The molecule has 0 amide bonds. The van der Waals surface area contributed by atoms with Crippen LogP contribution in [0.25, 0.3) is 16.7 Å². The molecule has 0 saturated carbocycles. The van der Waals surface area contributed by atoms with Crippen molar-refractivity contribution in [2.45, 2.75) is 20.8 Å². The number of ether oxygens (including phenoxy) is 1. The monoisotopic (exact) mass is 300 g/mol. The zero-order valence-electron chi connectivity index (χ0n) is 12.4. The molecule has 0 bridgehead atoms. The van der Waals surface area contributed by atoms with Gasteiger partial charge in [0, 0.05) is 5.69 Å². The van der Waals surface area contributed by atoms with Crippen LogP contribution in [-0.2, 0) is 0 Å². The quantitative estimate of drug-likeness (QED) is 0.701. The molecule has 3 nitrogen and oxygen atoms in total. The maximum Gasteiger partial charge on any atom is 0.208 e. The fourth-order valence-corrected chi connectivity index (χ4v) is 2.69. The van der Waals surface area contributed by atoms with Crippen LogP contribution in [0.3, 0.4) is 0 Å². The average Bonchev–Trinajstić information content (AvgIpc) is 2.76. The molecule has 0 spiro atoms. The van der Waals surface area contributed by atoms with Crippen molar-refractivity contribution in [2.24, 2.45) is 0 Å². The second-order valence-electron chi connectivity index (χ2n) is 5.07. The number of imidazole rings is 1. The summed E-state index contributed by atoms with van der Waals surface area (Å²) in [6, 6.07) is 12.1. The molecule has 0 unspecified atom stereocenters. The maximum absolute atomic E-state index is 6.33. The van der Waals surface area contributed by atoms with Crippen molar-refractivity contribution in [1.82, 2.24) is 9.55 Å². The van der Waals surface area contributed by atoms with E-state index in [-0.39, 0.29) is 0 Å². The van der Waals surface area contributed by atoms with E-state index in [0.717, 1.165) is 22.5 Å². The van der Waals surface area contributed by atoms with Crippen LogP contribution in [0.1, 0.15) is 18.1 Å². The first-order chi connectivity index (χ1) is 10.1. The molecule has 0 radical (unpaired) electrons. The molecule has 21 heavy (non-hydrogen) atoms. The van der Waals surface area contributed by atoms with E-state index < -0.39 is 0 Å². The lowest BCUT2D eigenvalue weighted by atomic mass is 10.1. The molecular weight excluding hydrogens is 284 g/mol. The Morgan fingerprint density at radius 1 is 1.10 bits per heavy atom. The molecule has 4 heteroatoms. The summed E-state index contributed by atoms with van der Waals surface area (Å²) in [7, 11) is 0. The fraction of sp³-hybridized carbons (Fsp3) is 0.235. The van der Waals surface area contributed by atoms with Gasteiger partial charge in [-0.1, -0.05) is 0 Å². The standard InChI is InChI=1S/C17H17ClN2O/c1-4-21-14-7-5-13(6-8-14)20-16-10-12(3)11(2)9-15(16)19-17(20)18/h5-10H,4H2,1-3H3. The summed E-state index contributed by atoms with van der Waals surface area (Å²) in [4.78, 5) is 4.45. The van der Waals surface area contributed by atoms with E-state index in [0.29, 0.717) is 11.9 Å². The highest BCUT2D eigenvalue weighted by Crippen LogP contribution is 2.27. The van der Waals surface area contributed by atoms with Gasteiger partial charge in [-0.25, -0.2) is 4.98 Å². The Hall–Kier alpha value is -2.00. The smallest absolute Gasteiger partial charge is 0.208 e. The van der Waals surface area contributed by atoms with Crippen LogP contribution in [0.15, 0.2) is 36.4 Å². The highest BCUT2D eigenvalue weighted by Gasteiger charge is 2.12. The predicted molar refractivity (Wildman–Crippen MR) is 86.7 cm³/mol. The Balaban J connectivity index is 2.15. The van der Waals surface area contributed by atoms with E-state index >= 15 is 0 Å². The normalized spacial score (nSPS) is 11.0. The molecule has 3 aromatic rings. The van der Waals surface area contributed by atoms with Gasteiger partial charge in [-0.05, 0) is 79.9 Å². The van der Waals surface area contributed by atoms with E-state index in [4.69, 9.17) is 16.3 Å². The predicted octanol–water partition coefficient (Wildman–Crippen LogP) is 4.69. The Kier molecular flexibility index (Phi) is 3.60. The summed E-state index contributed by atoms with van der Waals surface area (Å²) >= 11 is 6.33. The highest BCUT2D eigenvalue weighted by atomic mass is 35.5. The molecule has 3 rings (SSSR count). The molecule has 1 heterocycles. The minimum absolute atomic E-state index is 0.471. The molecule has 1 aromatic heterocycles. The fourth-order valence-electron chi connectivity index (χ4n) is 2.41. The molecule has 0 saturated heterocycles. The van der Waals surface area contributed by atoms with E-state index in [9.17, 15) is 0 Å². The van der Waals surface area contributed by atoms with Crippen molar-refractivity contribution in [1.29, 1.82) is 0 Å². The molecule has 0 aliphatic heterocycles. The number of nitrogens with zero attached hydrogens (tertiary/aromatic N) is 2. The van der Waals surface area contributed by atoms with Gasteiger partial charge >= 0.3 is 0 Å². The Labute approximate surface area is 129 Å². The van der Waals surface area contributed by atoms with Crippen LogP contribution in [0.2, 0.25) is 5.28 Å². The Morgan fingerprint density at radius 2 is 1.76 bits per heavy atom. The van der Waals surface area contributed by atoms with Gasteiger partial charge in [0.15, 0.2) is 0 Å². The summed E-state index contributed by atoms with van der Waals surface area (Å²) < 4.78 is 7.43. The van der Waals surface area contributed by atoms with Gasteiger partial charge in [-0.15, -0.1) is 0 Å². The molecule has 0 atom stereocenters. The van der Waals surface area contributed by atoms with Crippen LogP contribution in [0.5, 0.6) is 5.75 Å². The first kappa shape index (κ1) is 14.0. The van der Waals surface area contributed by atoms with E-state index in [1.807, 2.05) is 35.8 Å². The minimum atomic E-state index is 0.471. The van der Waals surface area contributed by atoms with E-state index in [1.54, 1.807) is 0 Å². The van der Waals surface area contributed by atoms with E-state index in [2.05, 4.69) is 31.0 Å². The van der Waals surface area contributed by atoms with Gasteiger partial charge in [-0.2, -0.15) is 0 Å². The second kappa shape index (κ2) is 5.41. The van der Waals surface area contributed by atoms with Gasteiger partial charge in [0.25, 0.3) is 0 Å². The van der Waals surface area contributed by atoms with Gasteiger partial charge in [0.1, 0.15) is 5.75 Å². The summed E-state index contributed by atoms with van der Waals surface area (Å²) in [5.41, 5.74) is 5.36. The number of benzene rings is 2. The van der Waals surface area contributed by atoms with Crippen molar-refractivity contribution < 1.29 is 4.74 Å². The summed E-state index contributed by atoms with van der Waals surface area (Å²) in [5.74, 6) is 0.855. The van der Waals surface area contributed by atoms with Crippen molar-refractivity contribution in [3.8, 4) is 11.4 Å². The number of fused-ring (bicyclic) bond motifs is 1. The SMILES string of the molecule is CCOc1ccc(-n2c(Cl)nc3cc(C)c(C)cc32)cc1. The minimum Gasteiger partial charge on any atom is -0.494 e. The average molecular weight is 301 g/mol. The second-order valence-corrected chi connectivity index (χ2v) is 5.41. The molecule has 0 aliphatic rings. The molecule has 108 valence electrons. The van der Waals surface area contributed by atoms with E-state index in [1.165, 1.54) is 11.1 Å². The van der Waals surface area contributed by atoms with Gasteiger partial charge in [0.2, 0.25) is 5.28 Å². The first-order valence-corrected chi connectivity index (χ1v) is 7.36. The lowest BCUT2D eigenvalue weighted by Gasteiger charge is -2.08. The number of hydrogen-bond acceptors (Lipinski definition) is 2. The number of aromatic nitrogens is 2. The molecule has 0 fully saturated rings. The number of hydrogen-bond donors (Lipinski definition) is 0. The van der Waals surface area contributed by atoms with Gasteiger partial charge in [0.05, 0.1) is 17.6 Å². The summed E-state index contributed by atoms with van der Waals surface area (Å²) in [6.45, 7) is 6.81. The third-order valence-electron chi connectivity index (χ3n) is 3.63. The Morgan fingerprint density at radius 3 is 2.43 bits per heavy atom. The van der Waals surface area contributed by atoms with Gasteiger partial charge < -0.3 is 4.74 Å². The Bertz CT molecular complexity index is 791. The summed E-state index contributed by atoms with van der Waals surface area (Å²) in [5, 5.41) is 0.471. The van der Waals surface area contributed by atoms with Crippen molar-refractivity contribution >= 4 is 22.6 Å². The van der Waals surface area contributed by atoms with Crippen LogP contribution >= 0.6 is 11.6 Å². The summed E-state index contributed by atoms with van der Waals surface area (Å²) in [6.07, 6.45) is 0. The zero-order valence-corrected chi connectivity index (χ0v) is 13.1. The lowest BCUT2D eigenvalue weighted by molar-refractivity contribution is 0.340. The topological polar surface area (TPSA) is 27.1 Å². The highest BCUT2D eigenvalue weighted by molar-refractivity contribution is 6.29. The molecule has 0 aliphatic carbocycles. The first-order valence-electron chi connectivity index (χ1n) is 6.98. The van der Waals surface area contributed by atoms with Crippen molar-refractivity contribution in [3.63, 3.8) is 0 Å². The maximum atomic E-state index is 6.33. The third kappa shape index (κ3) is 2.49. The van der Waals surface area contributed by atoms with Crippen molar-refractivity contribution in [2.75, 3.05) is 6.61 Å². The third-order valence-corrected chi connectivity index (χ3v) is 3.89. The van der Waals surface area contributed by atoms with Crippen LogP contribution in [0, 0.1) is 13.8 Å². The van der Waals surface area contributed by atoms with Crippen LogP contribution < -0.4 is 4.74 Å². The molecule has 0 N–H and O–H groups in total.